The van der Waals surface area contributed by atoms with E-state index >= 15 is 0 Å². The van der Waals surface area contributed by atoms with E-state index in [4.69, 9.17) is 5.11 Å². The van der Waals surface area contributed by atoms with Gasteiger partial charge in [0.2, 0.25) is 0 Å². The molecule has 0 spiro atoms. The molecular weight excluding hydrogens is 220 g/mol. The first-order valence-electron chi connectivity index (χ1n) is 5.53. The van der Waals surface area contributed by atoms with Crippen molar-refractivity contribution in [1.29, 1.82) is 0 Å². The summed E-state index contributed by atoms with van der Waals surface area (Å²) < 4.78 is 0. The van der Waals surface area contributed by atoms with Crippen molar-refractivity contribution in [3.8, 4) is 0 Å². The molecule has 1 heterocycles. The van der Waals surface area contributed by atoms with Crippen LogP contribution < -0.4 is 5.32 Å². The predicted molar refractivity (Wildman–Crippen MR) is 69.7 cm³/mol. The van der Waals surface area contributed by atoms with Crippen molar-refractivity contribution in [3.63, 3.8) is 0 Å². The molecule has 0 bridgehead atoms. The second-order valence-electron chi connectivity index (χ2n) is 3.84. The minimum Gasteiger partial charge on any atom is -0.396 e. The maximum atomic E-state index is 8.99. The van der Waals surface area contributed by atoms with E-state index in [0.29, 0.717) is 6.04 Å². The van der Waals surface area contributed by atoms with Gasteiger partial charge in [-0.2, -0.15) is 11.8 Å². The molecule has 1 rings (SSSR count). The molecule has 2 N–H and O–H groups in total. The lowest BCUT2D eigenvalue weighted by Gasteiger charge is -2.22. The lowest BCUT2D eigenvalue weighted by atomic mass is 10.1. The van der Waals surface area contributed by atoms with Crippen LogP contribution in [0.3, 0.4) is 0 Å². The monoisotopic (exact) mass is 240 g/mol. The molecule has 3 nitrogen and oxygen atoms in total. The summed E-state index contributed by atoms with van der Waals surface area (Å²) in [6.45, 7) is 2.36. The Morgan fingerprint density at radius 3 is 2.94 bits per heavy atom. The number of nitrogens with zero attached hydrogens (tertiary/aromatic N) is 1. The van der Waals surface area contributed by atoms with E-state index in [2.05, 4.69) is 29.5 Å². The normalized spacial score (nSPS) is 14.7. The predicted octanol–water partition coefficient (Wildman–Crippen LogP) is 1.85. The van der Waals surface area contributed by atoms with Gasteiger partial charge in [0.25, 0.3) is 0 Å². The van der Waals surface area contributed by atoms with E-state index in [0.717, 1.165) is 12.2 Å². The summed E-state index contributed by atoms with van der Waals surface area (Å²) in [6, 6.07) is 4.65. The molecule has 0 saturated carbocycles. The molecule has 16 heavy (non-hydrogen) atoms. The Bertz CT molecular complexity index is 276. The Morgan fingerprint density at radius 2 is 2.38 bits per heavy atom. The number of aliphatic hydroxyl groups is 1. The second-order valence-corrected chi connectivity index (χ2v) is 4.75. The molecule has 0 aliphatic rings. The molecule has 0 amide bonds. The van der Waals surface area contributed by atoms with Gasteiger partial charge in [0.1, 0.15) is 0 Å². The van der Waals surface area contributed by atoms with Crippen molar-refractivity contribution in [1.82, 2.24) is 10.3 Å². The van der Waals surface area contributed by atoms with Crippen LogP contribution in [-0.4, -0.2) is 34.7 Å². The van der Waals surface area contributed by atoms with Crippen molar-refractivity contribution < 1.29 is 5.11 Å². The molecule has 0 saturated heterocycles. The number of rotatable bonds is 7. The molecule has 0 radical (unpaired) electrons. The van der Waals surface area contributed by atoms with E-state index in [1.54, 1.807) is 18.0 Å². The Kier molecular flexibility index (Phi) is 6.45. The number of hydrogen-bond acceptors (Lipinski definition) is 4. The van der Waals surface area contributed by atoms with Gasteiger partial charge in [-0.05, 0) is 31.2 Å². The molecule has 0 aliphatic carbocycles. The standard InChI is InChI=1S/C12H20N2OS/c1-10(11-4-3-6-13-8-11)14-12(5-7-15)9-16-2/h3-4,6,8,10,12,14-15H,5,7,9H2,1-2H3. The van der Waals surface area contributed by atoms with Crippen LogP contribution in [0.25, 0.3) is 0 Å². The van der Waals surface area contributed by atoms with Gasteiger partial charge in [-0.1, -0.05) is 6.07 Å². The summed E-state index contributed by atoms with van der Waals surface area (Å²) in [5.74, 6) is 1.02. The summed E-state index contributed by atoms with van der Waals surface area (Å²) >= 11 is 1.80. The van der Waals surface area contributed by atoms with E-state index in [-0.39, 0.29) is 12.6 Å². The van der Waals surface area contributed by atoms with Crippen LogP contribution in [0.5, 0.6) is 0 Å². The molecule has 2 atom stereocenters. The number of thioether (sulfide) groups is 1. The first-order chi connectivity index (χ1) is 7.77. The maximum absolute atomic E-state index is 8.99. The zero-order valence-corrected chi connectivity index (χ0v) is 10.7. The summed E-state index contributed by atoms with van der Waals surface area (Å²) in [7, 11) is 0. The zero-order chi connectivity index (χ0) is 11.8. The minimum absolute atomic E-state index is 0.234. The topological polar surface area (TPSA) is 45.1 Å². The first kappa shape index (κ1) is 13.5. The summed E-state index contributed by atoms with van der Waals surface area (Å²) in [5.41, 5.74) is 1.19. The van der Waals surface area contributed by atoms with Crippen LogP contribution in [0, 0.1) is 0 Å². The first-order valence-corrected chi connectivity index (χ1v) is 6.93. The maximum Gasteiger partial charge on any atom is 0.0446 e. The number of pyridine rings is 1. The fraction of sp³-hybridized carbons (Fsp3) is 0.583. The van der Waals surface area contributed by atoms with Gasteiger partial charge in [-0.15, -0.1) is 0 Å². The Hall–Kier alpha value is -0.580. The smallest absolute Gasteiger partial charge is 0.0446 e. The highest BCUT2D eigenvalue weighted by Crippen LogP contribution is 2.13. The SMILES string of the molecule is CSCC(CCO)NC(C)c1cccnc1. The molecule has 4 heteroatoms. The van der Waals surface area contributed by atoms with Crippen LogP contribution in [0.1, 0.15) is 24.9 Å². The highest BCUT2D eigenvalue weighted by Gasteiger charge is 2.12. The van der Waals surface area contributed by atoms with Gasteiger partial charge < -0.3 is 10.4 Å². The number of nitrogens with one attached hydrogen (secondary N) is 1. The summed E-state index contributed by atoms with van der Waals surface area (Å²) in [4.78, 5) is 4.11. The fourth-order valence-corrected chi connectivity index (χ4v) is 2.32. The average Bonchev–Trinajstić information content (AvgIpc) is 2.31. The van der Waals surface area contributed by atoms with Gasteiger partial charge in [0.15, 0.2) is 0 Å². The number of hydrogen-bond donors (Lipinski definition) is 2. The van der Waals surface area contributed by atoms with Crippen molar-refractivity contribution >= 4 is 11.8 Å². The van der Waals surface area contributed by atoms with E-state index in [9.17, 15) is 0 Å². The van der Waals surface area contributed by atoms with E-state index in [1.807, 2.05) is 12.3 Å². The van der Waals surface area contributed by atoms with Gasteiger partial charge >= 0.3 is 0 Å². The Labute approximate surface area is 102 Å². The van der Waals surface area contributed by atoms with Gasteiger partial charge in [-0.25, -0.2) is 0 Å². The summed E-state index contributed by atoms with van der Waals surface area (Å²) in [6.07, 6.45) is 6.54. The van der Waals surface area contributed by atoms with Crippen molar-refractivity contribution in [3.05, 3.63) is 30.1 Å². The van der Waals surface area contributed by atoms with Crippen molar-refractivity contribution in [2.75, 3.05) is 18.6 Å². The number of aliphatic hydroxyl groups excluding tert-OH is 1. The number of aromatic nitrogens is 1. The van der Waals surface area contributed by atoms with Gasteiger partial charge in [0, 0.05) is 36.8 Å². The van der Waals surface area contributed by atoms with Crippen molar-refractivity contribution in [2.45, 2.75) is 25.4 Å². The van der Waals surface area contributed by atoms with Crippen LogP contribution in [0.2, 0.25) is 0 Å². The van der Waals surface area contributed by atoms with Crippen molar-refractivity contribution in [2.24, 2.45) is 0 Å². The third-order valence-electron chi connectivity index (χ3n) is 2.52. The minimum atomic E-state index is 0.234. The third kappa shape index (κ3) is 4.51. The average molecular weight is 240 g/mol. The van der Waals surface area contributed by atoms with E-state index < -0.39 is 0 Å². The largest absolute Gasteiger partial charge is 0.396 e. The molecule has 1 aromatic heterocycles. The lowest BCUT2D eigenvalue weighted by Crippen LogP contribution is -2.34. The highest BCUT2D eigenvalue weighted by atomic mass is 32.2. The second kappa shape index (κ2) is 7.65. The molecule has 2 unspecified atom stereocenters. The molecule has 90 valence electrons. The summed E-state index contributed by atoms with van der Waals surface area (Å²) in [5, 5.41) is 12.5. The Morgan fingerprint density at radius 1 is 1.56 bits per heavy atom. The molecule has 1 aromatic rings. The van der Waals surface area contributed by atoms with Crippen LogP contribution in [0.15, 0.2) is 24.5 Å². The van der Waals surface area contributed by atoms with Crippen LogP contribution >= 0.6 is 11.8 Å². The molecule has 0 fully saturated rings. The van der Waals surface area contributed by atoms with E-state index in [1.165, 1.54) is 5.56 Å². The Balaban J connectivity index is 2.50. The van der Waals surface area contributed by atoms with Crippen LogP contribution in [0.4, 0.5) is 0 Å². The fourth-order valence-electron chi connectivity index (χ4n) is 1.65. The molecule has 0 aromatic carbocycles. The lowest BCUT2D eigenvalue weighted by molar-refractivity contribution is 0.265. The molecule has 0 aliphatic heterocycles. The van der Waals surface area contributed by atoms with Crippen LogP contribution in [-0.2, 0) is 0 Å². The zero-order valence-electron chi connectivity index (χ0n) is 9.89. The van der Waals surface area contributed by atoms with Gasteiger partial charge in [0.05, 0.1) is 0 Å². The molecular formula is C12H20N2OS. The third-order valence-corrected chi connectivity index (χ3v) is 3.25. The highest BCUT2D eigenvalue weighted by molar-refractivity contribution is 7.98. The quantitative estimate of drug-likeness (QED) is 0.763. The van der Waals surface area contributed by atoms with Gasteiger partial charge in [-0.3, -0.25) is 4.98 Å².